The minimum Gasteiger partial charge on any atom is -0.481 e. The van der Waals surface area contributed by atoms with Crippen LogP contribution in [-0.2, 0) is 9.59 Å². The quantitative estimate of drug-likeness (QED) is 0.666. The highest BCUT2D eigenvalue weighted by molar-refractivity contribution is 6.19. The lowest BCUT2D eigenvalue weighted by Crippen LogP contribution is -2.20. The van der Waals surface area contributed by atoms with E-state index in [4.69, 9.17) is 33.4 Å². The standard InChI is InChI=1S/C8H12Cl2O4/c9-3-5(7(11)12)1-2-6(4-10)8(13)14/h5-6H,1-4H2,(H,11,12)(H,13,14). The minimum absolute atomic E-state index is 0.00996. The Hall–Kier alpha value is -0.480. The number of hydrogen-bond donors (Lipinski definition) is 2. The van der Waals surface area contributed by atoms with Gasteiger partial charge in [0.15, 0.2) is 0 Å². The van der Waals surface area contributed by atoms with Crippen LogP contribution in [0.4, 0.5) is 0 Å². The Balaban J connectivity index is 4.00. The molecule has 0 aliphatic heterocycles. The molecule has 0 aliphatic rings. The van der Waals surface area contributed by atoms with Gasteiger partial charge in [-0.05, 0) is 12.8 Å². The molecule has 0 aliphatic carbocycles. The maximum absolute atomic E-state index is 10.5. The van der Waals surface area contributed by atoms with Gasteiger partial charge in [0.2, 0.25) is 0 Å². The first-order chi connectivity index (χ1) is 6.52. The van der Waals surface area contributed by atoms with Crippen molar-refractivity contribution in [3.63, 3.8) is 0 Å². The van der Waals surface area contributed by atoms with Gasteiger partial charge in [0, 0.05) is 11.8 Å². The van der Waals surface area contributed by atoms with Gasteiger partial charge in [-0.1, -0.05) is 0 Å². The van der Waals surface area contributed by atoms with Crippen molar-refractivity contribution in [1.82, 2.24) is 0 Å². The van der Waals surface area contributed by atoms with Gasteiger partial charge in [-0.3, -0.25) is 9.59 Å². The Bertz CT molecular complexity index is 186. The van der Waals surface area contributed by atoms with Gasteiger partial charge in [-0.15, -0.1) is 23.2 Å². The second-order valence-electron chi connectivity index (χ2n) is 2.96. The fourth-order valence-electron chi connectivity index (χ4n) is 0.936. The zero-order valence-corrected chi connectivity index (χ0v) is 8.96. The predicted molar refractivity (Wildman–Crippen MR) is 52.9 cm³/mol. The van der Waals surface area contributed by atoms with Crippen molar-refractivity contribution >= 4 is 35.1 Å². The lowest BCUT2D eigenvalue weighted by Gasteiger charge is -2.11. The van der Waals surface area contributed by atoms with Gasteiger partial charge in [0.05, 0.1) is 11.8 Å². The van der Waals surface area contributed by atoms with Crippen molar-refractivity contribution in [2.24, 2.45) is 11.8 Å². The first-order valence-electron chi connectivity index (χ1n) is 4.10. The molecular weight excluding hydrogens is 231 g/mol. The average Bonchev–Trinajstić information content (AvgIpc) is 2.11. The molecule has 0 spiro atoms. The van der Waals surface area contributed by atoms with Crippen LogP contribution in [0.25, 0.3) is 0 Å². The Labute approximate surface area is 91.8 Å². The van der Waals surface area contributed by atoms with Crippen LogP contribution >= 0.6 is 23.2 Å². The molecule has 0 heterocycles. The maximum atomic E-state index is 10.5. The Morgan fingerprint density at radius 1 is 0.929 bits per heavy atom. The van der Waals surface area contributed by atoms with Gasteiger partial charge in [0.1, 0.15) is 0 Å². The van der Waals surface area contributed by atoms with E-state index in [1.807, 2.05) is 0 Å². The summed E-state index contributed by atoms with van der Waals surface area (Å²) >= 11 is 10.8. The highest BCUT2D eigenvalue weighted by Gasteiger charge is 2.21. The summed E-state index contributed by atoms with van der Waals surface area (Å²) in [5, 5.41) is 17.3. The Kier molecular flexibility index (Phi) is 6.66. The summed E-state index contributed by atoms with van der Waals surface area (Å²) in [7, 11) is 0. The molecule has 82 valence electrons. The first kappa shape index (κ1) is 13.5. The van der Waals surface area contributed by atoms with E-state index in [-0.39, 0.29) is 24.6 Å². The van der Waals surface area contributed by atoms with Crippen molar-refractivity contribution in [2.45, 2.75) is 12.8 Å². The lowest BCUT2D eigenvalue weighted by molar-refractivity contribution is -0.144. The Morgan fingerprint density at radius 2 is 1.21 bits per heavy atom. The third-order valence-electron chi connectivity index (χ3n) is 1.93. The summed E-state index contributed by atoms with van der Waals surface area (Å²) in [6.45, 7) is 0. The summed E-state index contributed by atoms with van der Waals surface area (Å²) < 4.78 is 0. The summed E-state index contributed by atoms with van der Waals surface area (Å²) in [5.41, 5.74) is 0. The fourth-order valence-corrected chi connectivity index (χ4v) is 1.51. The van der Waals surface area contributed by atoms with Crippen molar-refractivity contribution < 1.29 is 19.8 Å². The van der Waals surface area contributed by atoms with E-state index in [1.54, 1.807) is 0 Å². The van der Waals surface area contributed by atoms with Crippen LogP contribution in [-0.4, -0.2) is 33.9 Å². The predicted octanol–water partition coefficient (Wildman–Crippen LogP) is 1.65. The van der Waals surface area contributed by atoms with Crippen molar-refractivity contribution in [2.75, 3.05) is 11.8 Å². The van der Waals surface area contributed by atoms with Crippen LogP contribution in [0.3, 0.4) is 0 Å². The molecule has 0 aromatic heterocycles. The summed E-state index contributed by atoms with van der Waals surface area (Å²) in [6.07, 6.45) is 0.477. The van der Waals surface area contributed by atoms with E-state index >= 15 is 0 Å². The Morgan fingerprint density at radius 3 is 1.36 bits per heavy atom. The van der Waals surface area contributed by atoms with Crippen LogP contribution in [0, 0.1) is 11.8 Å². The number of halogens is 2. The topological polar surface area (TPSA) is 74.6 Å². The minimum atomic E-state index is -1.00. The molecule has 2 N–H and O–H groups in total. The molecule has 0 saturated heterocycles. The number of carbonyl (C=O) groups is 2. The second-order valence-corrected chi connectivity index (χ2v) is 3.57. The molecular formula is C8H12Cl2O4. The molecule has 14 heavy (non-hydrogen) atoms. The van der Waals surface area contributed by atoms with Crippen LogP contribution in [0.2, 0.25) is 0 Å². The number of hydrogen-bond acceptors (Lipinski definition) is 2. The molecule has 0 radical (unpaired) electrons. The summed E-state index contributed by atoms with van der Waals surface area (Å²) in [6, 6.07) is 0. The van der Waals surface area contributed by atoms with Gasteiger partial charge < -0.3 is 10.2 Å². The van der Waals surface area contributed by atoms with E-state index in [0.29, 0.717) is 0 Å². The molecule has 0 amide bonds. The van der Waals surface area contributed by atoms with Gasteiger partial charge in [-0.2, -0.15) is 0 Å². The summed E-state index contributed by atoms with van der Waals surface area (Å²) in [5.74, 6) is -3.41. The third-order valence-corrected chi connectivity index (χ3v) is 2.68. The highest BCUT2D eigenvalue weighted by atomic mass is 35.5. The van der Waals surface area contributed by atoms with E-state index in [0.717, 1.165) is 0 Å². The van der Waals surface area contributed by atoms with Crippen molar-refractivity contribution in [3.05, 3.63) is 0 Å². The number of rotatable bonds is 7. The van der Waals surface area contributed by atoms with Gasteiger partial charge in [-0.25, -0.2) is 0 Å². The third kappa shape index (κ3) is 4.67. The first-order valence-corrected chi connectivity index (χ1v) is 5.17. The number of carboxylic acid groups (broad SMARTS) is 2. The van der Waals surface area contributed by atoms with Gasteiger partial charge in [0.25, 0.3) is 0 Å². The van der Waals surface area contributed by atoms with E-state index in [1.165, 1.54) is 0 Å². The van der Waals surface area contributed by atoms with Crippen LogP contribution in [0.1, 0.15) is 12.8 Å². The largest absolute Gasteiger partial charge is 0.481 e. The molecule has 2 atom stereocenters. The highest BCUT2D eigenvalue weighted by Crippen LogP contribution is 2.16. The smallest absolute Gasteiger partial charge is 0.307 e. The van der Waals surface area contributed by atoms with Gasteiger partial charge >= 0.3 is 11.9 Å². The van der Waals surface area contributed by atoms with Crippen LogP contribution < -0.4 is 0 Å². The normalized spacial score (nSPS) is 14.7. The zero-order chi connectivity index (χ0) is 11.1. The van der Waals surface area contributed by atoms with Crippen LogP contribution in [0.15, 0.2) is 0 Å². The molecule has 0 aromatic rings. The number of aliphatic carboxylic acids is 2. The van der Waals surface area contributed by atoms with E-state index in [2.05, 4.69) is 0 Å². The summed E-state index contributed by atoms with van der Waals surface area (Å²) in [4.78, 5) is 21.1. The second kappa shape index (κ2) is 6.90. The van der Waals surface area contributed by atoms with E-state index in [9.17, 15) is 9.59 Å². The molecule has 6 heteroatoms. The number of alkyl halides is 2. The molecule has 0 saturated carbocycles. The fraction of sp³-hybridized carbons (Fsp3) is 0.750. The van der Waals surface area contributed by atoms with E-state index < -0.39 is 23.8 Å². The molecule has 4 nitrogen and oxygen atoms in total. The zero-order valence-electron chi connectivity index (χ0n) is 7.45. The molecule has 0 fully saturated rings. The average molecular weight is 243 g/mol. The maximum Gasteiger partial charge on any atom is 0.307 e. The van der Waals surface area contributed by atoms with Crippen LogP contribution in [0.5, 0.6) is 0 Å². The SMILES string of the molecule is O=C(O)C(CCl)CCC(CCl)C(=O)O. The number of carboxylic acids is 2. The van der Waals surface area contributed by atoms with Crippen molar-refractivity contribution in [3.8, 4) is 0 Å². The monoisotopic (exact) mass is 242 g/mol. The molecule has 0 aromatic carbocycles. The molecule has 0 bridgehead atoms. The molecule has 2 unspecified atom stereocenters. The lowest BCUT2D eigenvalue weighted by atomic mass is 9.98. The van der Waals surface area contributed by atoms with Crippen molar-refractivity contribution in [1.29, 1.82) is 0 Å². The molecule has 0 rings (SSSR count).